The first-order valence-corrected chi connectivity index (χ1v) is 10.2. The molecule has 3 nitrogen and oxygen atoms in total. The molecule has 0 saturated heterocycles. The fraction of sp³-hybridized carbons (Fsp3) is 0.231. The lowest BCUT2D eigenvalue weighted by atomic mass is 9.75. The summed E-state index contributed by atoms with van der Waals surface area (Å²) in [6.45, 7) is 0. The van der Waals surface area contributed by atoms with Crippen molar-refractivity contribution in [2.24, 2.45) is 5.73 Å². The third kappa shape index (κ3) is 4.00. The summed E-state index contributed by atoms with van der Waals surface area (Å²) < 4.78 is 0. The molecule has 0 aromatic heterocycles. The second-order valence-corrected chi connectivity index (χ2v) is 7.76. The second-order valence-electron chi connectivity index (χ2n) is 7.76. The number of rotatable bonds is 6. The third-order valence-electron chi connectivity index (χ3n) is 5.97. The number of fused-ring (bicyclic) bond motifs is 1. The van der Waals surface area contributed by atoms with Crippen LogP contribution in [0.3, 0.4) is 0 Å². The van der Waals surface area contributed by atoms with Crippen LogP contribution in [0.5, 0.6) is 0 Å². The average Bonchev–Trinajstić information content (AvgIpc) is 2.77. The van der Waals surface area contributed by atoms with Crippen LogP contribution in [0.25, 0.3) is 0 Å². The molecule has 0 heterocycles. The molecular weight excluding hydrogens is 358 g/mol. The predicted octanol–water partition coefficient (Wildman–Crippen LogP) is 5.00. The zero-order valence-electron chi connectivity index (χ0n) is 16.4. The van der Waals surface area contributed by atoms with Crippen LogP contribution < -0.4 is 5.73 Å². The molecule has 1 amide bonds. The van der Waals surface area contributed by atoms with Gasteiger partial charge in [0.1, 0.15) is 0 Å². The lowest BCUT2D eigenvalue weighted by Crippen LogP contribution is -2.26. The quantitative estimate of drug-likeness (QED) is 0.609. The number of hydrogen-bond acceptors (Lipinski definition) is 2. The predicted molar refractivity (Wildman–Crippen MR) is 115 cm³/mol. The molecule has 0 saturated carbocycles. The van der Waals surface area contributed by atoms with Crippen LogP contribution in [0, 0.1) is 0 Å². The molecule has 1 aliphatic rings. The molecule has 0 radical (unpaired) electrons. The van der Waals surface area contributed by atoms with Gasteiger partial charge in [-0.15, -0.1) is 0 Å². The Morgan fingerprint density at radius 1 is 0.897 bits per heavy atom. The molecule has 3 aromatic carbocycles. The molecule has 2 N–H and O–H groups in total. The van der Waals surface area contributed by atoms with Gasteiger partial charge in [0, 0.05) is 11.1 Å². The summed E-state index contributed by atoms with van der Waals surface area (Å²) in [5, 5.41) is 0. The molecule has 1 aliphatic carbocycles. The van der Waals surface area contributed by atoms with Gasteiger partial charge in [-0.3, -0.25) is 9.59 Å². The van der Waals surface area contributed by atoms with Gasteiger partial charge in [0.2, 0.25) is 5.91 Å². The highest BCUT2D eigenvalue weighted by atomic mass is 16.1. The minimum absolute atomic E-state index is 0.0727. The zero-order chi connectivity index (χ0) is 20.2. The van der Waals surface area contributed by atoms with Crippen molar-refractivity contribution >= 4 is 11.7 Å². The first kappa shape index (κ1) is 19.1. The topological polar surface area (TPSA) is 60.2 Å². The maximum Gasteiger partial charge on any atom is 0.225 e. The van der Waals surface area contributed by atoms with E-state index >= 15 is 0 Å². The number of benzene rings is 3. The first-order valence-electron chi connectivity index (χ1n) is 10.2. The lowest BCUT2D eigenvalue weighted by Gasteiger charge is -2.28. The third-order valence-corrected chi connectivity index (χ3v) is 5.97. The number of hydrogen-bond donors (Lipinski definition) is 1. The van der Waals surface area contributed by atoms with Crippen LogP contribution in [0.1, 0.15) is 63.7 Å². The van der Waals surface area contributed by atoms with Crippen LogP contribution in [0.15, 0.2) is 78.9 Å². The van der Waals surface area contributed by atoms with Gasteiger partial charge in [-0.05, 0) is 48.3 Å². The number of nitrogens with two attached hydrogens (primary N) is 1. The Hall–Kier alpha value is -3.20. The van der Waals surface area contributed by atoms with Gasteiger partial charge in [-0.1, -0.05) is 78.9 Å². The fourth-order valence-electron chi connectivity index (χ4n) is 4.53. The summed E-state index contributed by atoms with van der Waals surface area (Å²) >= 11 is 0. The molecule has 29 heavy (non-hydrogen) atoms. The van der Waals surface area contributed by atoms with E-state index in [1.54, 1.807) is 18.2 Å². The van der Waals surface area contributed by atoms with Crippen molar-refractivity contribution in [3.63, 3.8) is 0 Å². The number of carbonyl (C=O) groups excluding carboxylic acids is 2. The molecule has 3 heteroatoms. The van der Waals surface area contributed by atoms with Gasteiger partial charge in [0.15, 0.2) is 5.78 Å². The van der Waals surface area contributed by atoms with Crippen molar-refractivity contribution in [2.45, 2.75) is 37.5 Å². The smallest absolute Gasteiger partial charge is 0.225 e. The standard InChI is InChI=1S/C26H25NO2/c27-26(29)24(17-20-13-8-12-18-9-4-5-14-21(18)20)22-15-6-7-16-23(22)25(28)19-10-2-1-3-11-19/h1-7,9-11,14-16,20,24H,8,12-13,17H2,(H2,27,29). The van der Waals surface area contributed by atoms with Crippen LogP contribution >= 0.6 is 0 Å². The van der Waals surface area contributed by atoms with Gasteiger partial charge >= 0.3 is 0 Å². The molecule has 0 fully saturated rings. The van der Waals surface area contributed by atoms with E-state index in [2.05, 4.69) is 24.3 Å². The Balaban J connectivity index is 1.69. The van der Waals surface area contributed by atoms with Crippen LogP contribution in [-0.4, -0.2) is 11.7 Å². The SMILES string of the molecule is NC(=O)C(CC1CCCc2ccccc21)c1ccccc1C(=O)c1ccccc1. The van der Waals surface area contributed by atoms with E-state index < -0.39 is 5.92 Å². The minimum Gasteiger partial charge on any atom is -0.369 e. The Morgan fingerprint density at radius 3 is 2.38 bits per heavy atom. The van der Waals surface area contributed by atoms with Crippen molar-refractivity contribution < 1.29 is 9.59 Å². The highest BCUT2D eigenvalue weighted by molar-refractivity contribution is 6.10. The molecule has 0 spiro atoms. The van der Waals surface area contributed by atoms with Crippen molar-refractivity contribution in [1.82, 2.24) is 0 Å². The maximum absolute atomic E-state index is 13.1. The summed E-state index contributed by atoms with van der Waals surface area (Å²) in [5.74, 6) is -0.662. The summed E-state index contributed by atoms with van der Waals surface area (Å²) in [4.78, 5) is 25.6. The average molecular weight is 383 g/mol. The Kier molecular flexibility index (Phi) is 5.57. The van der Waals surface area contributed by atoms with Gasteiger partial charge in [-0.2, -0.15) is 0 Å². The number of ketones is 1. The van der Waals surface area contributed by atoms with Gasteiger partial charge < -0.3 is 5.73 Å². The summed E-state index contributed by atoms with van der Waals surface area (Å²) in [5.41, 5.74) is 10.5. The second kappa shape index (κ2) is 8.44. The number of carbonyl (C=O) groups is 2. The number of primary amides is 1. The van der Waals surface area contributed by atoms with Gasteiger partial charge in [0.25, 0.3) is 0 Å². The van der Waals surface area contributed by atoms with Crippen LogP contribution in [0.4, 0.5) is 0 Å². The zero-order valence-corrected chi connectivity index (χ0v) is 16.4. The van der Waals surface area contributed by atoms with E-state index in [-0.39, 0.29) is 17.6 Å². The summed E-state index contributed by atoms with van der Waals surface area (Å²) in [7, 11) is 0. The molecule has 3 aromatic rings. The van der Waals surface area contributed by atoms with Crippen molar-refractivity contribution in [2.75, 3.05) is 0 Å². The van der Waals surface area contributed by atoms with E-state index in [9.17, 15) is 9.59 Å². The molecule has 146 valence electrons. The highest BCUT2D eigenvalue weighted by Gasteiger charge is 2.29. The Bertz CT molecular complexity index is 1030. The van der Waals surface area contributed by atoms with Crippen molar-refractivity contribution in [1.29, 1.82) is 0 Å². The first-order chi connectivity index (χ1) is 14.1. The van der Waals surface area contributed by atoms with Gasteiger partial charge in [0.05, 0.1) is 5.92 Å². The molecule has 2 atom stereocenters. The van der Waals surface area contributed by atoms with E-state index in [0.717, 1.165) is 24.8 Å². The van der Waals surface area contributed by atoms with E-state index in [4.69, 9.17) is 5.73 Å². The van der Waals surface area contributed by atoms with E-state index in [0.29, 0.717) is 17.5 Å². The monoisotopic (exact) mass is 383 g/mol. The Morgan fingerprint density at radius 2 is 1.59 bits per heavy atom. The fourth-order valence-corrected chi connectivity index (χ4v) is 4.53. The van der Waals surface area contributed by atoms with Crippen molar-refractivity contribution in [3.05, 3.63) is 107 Å². The molecular formula is C26H25NO2. The number of aryl methyl sites for hydroxylation is 1. The molecule has 0 bridgehead atoms. The summed E-state index contributed by atoms with van der Waals surface area (Å²) in [6.07, 6.45) is 3.86. The largest absolute Gasteiger partial charge is 0.369 e. The van der Waals surface area contributed by atoms with Crippen LogP contribution in [-0.2, 0) is 11.2 Å². The minimum atomic E-state index is -0.491. The normalized spacial score (nSPS) is 16.6. The Labute approximate surface area is 171 Å². The molecule has 0 aliphatic heterocycles. The molecule has 4 rings (SSSR count). The summed E-state index contributed by atoms with van der Waals surface area (Å²) in [6, 6.07) is 25.0. The lowest BCUT2D eigenvalue weighted by molar-refractivity contribution is -0.119. The van der Waals surface area contributed by atoms with Crippen molar-refractivity contribution in [3.8, 4) is 0 Å². The molecule has 2 unspecified atom stereocenters. The maximum atomic E-state index is 13.1. The van der Waals surface area contributed by atoms with Crippen LogP contribution in [0.2, 0.25) is 0 Å². The van der Waals surface area contributed by atoms with Gasteiger partial charge in [-0.25, -0.2) is 0 Å². The highest BCUT2D eigenvalue weighted by Crippen LogP contribution is 2.39. The van der Waals surface area contributed by atoms with E-state index in [1.807, 2.05) is 36.4 Å². The van der Waals surface area contributed by atoms with E-state index in [1.165, 1.54) is 11.1 Å². The number of amides is 1.